The lowest BCUT2D eigenvalue weighted by molar-refractivity contribution is -0.0963. The van der Waals surface area contributed by atoms with Crippen LogP contribution in [0.15, 0.2) is 202 Å². The summed E-state index contributed by atoms with van der Waals surface area (Å²) in [6.45, 7) is 31.3. The summed E-state index contributed by atoms with van der Waals surface area (Å²) < 4.78 is 62.7. The van der Waals surface area contributed by atoms with Crippen molar-refractivity contribution >= 4 is 145 Å². The molecule has 19 aliphatic heterocycles. The van der Waals surface area contributed by atoms with E-state index in [2.05, 4.69) is 220 Å². The van der Waals surface area contributed by atoms with Gasteiger partial charge in [0.2, 0.25) is 10.0 Å². The van der Waals surface area contributed by atoms with E-state index in [4.69, 9.17) is 38.6 Å². The molecule has 33 nitrogen and oxygen atoms in total. The Labute approximate surface area is 936 Å². The number of ether oxygens (including phenoxy) is 6. The van der Waals surface area contributed by atoms with E-state index in [1.54, 1.807) is 49.2 Å². The van der Waals surface area contributed by atoms with Gasteiger partial charge in [0.05, 0.1) is 87.9 Å². The third kappa shape index (κ3) is 62.8. The second kappa shape index (κ2) is 85.6. The molecule has 27 rings (SSSR count). The zero-order chi connectivity index (χ0) is 105. The van der Waals surface area contributed by atoms with Crippen LogP contribution in [0.1, 0.15) is 134 Å². The number of aromatic nitrogens is 4. The SMILES string of the molecule is C1CCCNCC1.C1CCNNC1.C1CCSC1.C1CN2CCC2S1.C1CNCCN1.C1COCCO1.C1COCOC1.C1CSC2CCN2C1.C1CSCCN1.C1CSCCO1.C1CSCCS1.C1CSCSC1.Cc1cc(=O)[nH]c(=O)[nH]1.NC1C=CNC(=O)N1.O=S1(=O)NCc2ccccc21.O=c1cc[nH]c(=O)[nH]1.O=c1ccc2ccccc2o1.[HH].[HH].[HH].[HH].[HH].[HH].[HH].[HH].c1ccc2c(c1)CNC2.c1ccc2c(c1)CNS2.c1ccc2c(c1)COC2. The maximum atomic E-state index is 11.1. The lowest BCUT2D eigenvalue weighted by Gasteiger charge is -2.43. The number of aromatic amines is 4. The molecule has 0 bridgehead atoms. The van der Waals surface area contributed by atoms with Crippen LogP contribution in [0.2, 0.25) is 0 Å². The van der Waals surface area contributed by atoms with Crippen LogP contribution in [-0.4, -0.2) is 298 Å². The van der Waals surface area contributed by atoms with Crippen LogP contribution in [0, 0.1) is 6.92 Å². The molecule has 3 atom stereocenters. The van der Waals surface area contributed by atoms with Crippen molar-refractivity contribution in [3.05, 3.63) is 255 Å². The lowest BCUT2D eigenvalue weighted by Crippen LogP contribution is -2.48. The minimum absolute atomic E-state index is 0. The number of piperazine rings is 1. The molecule has 0 aliphatic carbocycles. The minimum atomic E-state index is -3.16. The molecule has 0 spiro atoms. The number of hydrogen-bond donors (Lipinski definition) is 16. The summed E-state index contributed by atoms with van der Waals surface area (Å²) in [5, 5.41) is 25.3. The fourth-order valence-electron chi connectivity index (χ4n) is 14.8. The molecule has 22 heterocycles. The number of benzene rings is 5. The van der Waals surface area contributed by atoms with E-state index < -0.39 is 21.4 Å². The number of amides is 2. The van der Waals surface area contributed by atoms with E-state index >= 15 is 0 Å². The summed E-state index contributed by atoms with van der Waals surface area (Å²) in [7, 11) is -3.16. The summed E-state index contributed by atoms with van der Waals surface area (Å²) in [6, 6.07) is 45.2. The van der Waals surface area contributed by atoms with E-state index in [9.17, 15) is 37.2 Å². The highest BCUT2D eigenvalue weighted by Gasteiger charge is 2.33. The molecule has 2 amide bonds. The van der Waals surface area contributed by atoms with E-state index in [1.165, 1.54) is 278 Å². The predicted molar refractivity (Wildman–Crippen MR) is 649 cm³/mol. The van der Waals surface area contributed by atoms with Crippen molar-refractivity contribution < 1.29 is 57.5 Å². The van der Waals surface area contributed by atoms with Gasteiger partial charge in [-0.05, 0) is 202 Å². The molecule has 19 aliphatic rings. The number of carbonyl (C=O) groups excluding carboxylic acids is 1. The Morgan fingerprint density at radius 1 is 0.403 bits per heavy atom. The number of rotatable bonds is 0. The molecule has 44 heteroatoms. The van der Waals surface area contributed by atoms with E-state index in [1.807, 2.05) is 76.0 Å². The topological polar surface area (TPSA) is 433 Å². The van der Waals surface area contributed by atoms with Crippen molar-refractivity contribution in [2.75, 3.05) is 237 Å². The lowest BCUT2D eigenvalue weighted by atomic mass is 10.1. The van der Waals surface area contributed by atoms with Crippen molar-refractivity contribution in [3.63, 3.8) is 0 Å². The molecular formula is C105H180N18O15S11. The molecule has 0 saturated carbocycles. The standard InChI is InChI=1S/C9H6O2.C8H9N.C8H8O.C7H7NO2S.C7H7NS.C6H11NS.C6H13N.C5H6N2O2.C5H9NS.C4H7N3O.C4H4N2O2.2C4H10N2.C4H9NS.2C4H8O2.C4H8OS.2C4H8S2.C4H8S.8H2/c10-9-6-5-7-3-1-2-4-8(7)11-9;2*1-2-4-8-6-9-5-7(8)3-1;9-11(10)7-4-2-1-3-6(7)5-8-11;1-2-4-7-6(3-1)5-8-9-7;1-3-7-4-2-6(7)8-5-1;1-2-4-6-7-5-3-1;1-3-2-4(8)7-5(9)6-3;1-2-6-3-4-7-5(1)6;5-3-1-2-6-4(8)7-3;7-3-1-2-5-4(8)6-3;1-2-6-4-3-5-1;1-2-4-6-5-3-1;1-3-6-4-2-5-1;1-2-6-4-3-5-1;1-2-5-4-6-3-1;1-3-6-4-2-5-1;1-2-6-4-3-5-1;1-2-5-4-6-3-1;1-2-4-5-3-1;;;;;;;;/h1-6H;1-4,9H,5-6H2;1-4H,5-6H2;1-4,8H,5H2;1-4,8H,5H2;6H,1-5H2;7H,1-6H2;2H,1H3,(H2,6,7,8,9);5H,1-4H2;1-3H,5H2,(H2,6,7,8);1-2H,(H2,5,6,7,8);2*5-6H,1-4H2;5H,1-4H2;5*1-4H2;1-4H2;8*1H. The minimum Gasteiger partial charge on any atom is -0.423 e. The van der Waals surface area contributed by atoms with Crippen molar-refractivity contribution in [2.45, 2.75) is 156 Å². The van der Waals surface area contributed by atoms with Gasteiger partial charge >= 0.3 is 23.0 Å². The summed E-state index contributed by atoms with van der Waals surface area (Å²) >= 11 is 20.3. The van der Waals surface area contributed by atoms with E-state index in [0.717, 1.165) is 153 Å². The Morgan fingerprint density at radius 3 is 1.34 bits per heavy atom. The van der Waals surface area contributed by atoms with Crippen molar-refractivity contribution in [2.24, 2.45) is 5.73 Å². The van der Waals surface area contributed by atoms with Gasteiger partial charge in [0.15, 0.2) is 0 Å². The second-order valence-electron chi connectivity index (χ2n) is 34.8. The third-order valence-electron chi connectivity index (χ3n) is 23.0. The highest BCUT2D eigenvalue weighted by atomic mass is 32.2. The second-order valence-corrected chi connectivity index (χ2v) is 48.7. The van der Waals surface area contributed by atoms with Gasteiger partial charge < -0.3 is 85.8 Å². The van der Waals surface area contributed by atoms with Crippen LogP contribution in [0.25, 0.3) is 11.0 Å². The molecule has 8 aromatic rings. The highest BCUT2D eigenvalue weighted by molar-refractivity contribution is 8.16. The van der Waals surface area contributed by atoms with Crippen LogP contribution in [0.5, 0.6) is 0 Å². The predicted octanol–water partition coefficient (Wildman–Crippen LogP) is 15.0. The monoisotopic (exact) mass is 2290 g/mol. The van der Waals surface area contributed by atoms with Crippen LogP contribution in [0.4, 0.5) is 4.79 Å². The molecule has 0 radical (unpaired) electrons. The number of aryl methyl sites for hydroxylation is 1. The number of hydrogen-bond acceptors (Lipinski definition) is 36. The molecule has 149 heavy (non-hydrogen) atoms. The normalized spacial score (nSPS) is 21.1. The number of sulfonamides is 1. The number of thioether (sulfide) groups is 9. The number of fused-ring (bicyclic) bond motifs is 7. The number of H-pyrrole nitrogens is 4. The van der Waals surface area contributed by atoms with Gasteiger partial charge in [0, 0.05) is 213 Å². The average Bonchev–Trinajstić information content (AvgIpc) is 1.65. The number of carbonyl (C=O) groups is 1. The average molecular weight is 2290 g/mol. The number of urea groups is 1. The zero-order valence-corrected chi connectivity index (χ0v) is 95.7. The Hall–Kier alpha value is -5.59. The van der Waals surface area contributed by atoms with Crippen molar-refractivity contribution in [3.8, 4) is 0 Å². The number of para-hydroxylation sites is 1. The first-order valence-corrected chi connectivity index (χ1v) is 64.6. The summed E-state index contributed by atoms with van der Waals surface area (Å²) in [4.78, 5) is 77.9. The summed E-state index contributed by atoms with van der Waals surface area (Å²) in [6.07, 6.45) is 22.2. The van der Waals surface area contributed by atoms with Gasteiger partial charge in [-0.25, -0.2) is 32.3 Å². The Morgan fingerprint density at radius 2 is 0.933 bits per heavy atom. The van der Waals surface area contributed by atoms with Gasteiger partial charge in [-0.15, -0.1) is 23.5 Å². The maximum absolute atomic E-state index is 11.1. The fraction of sp³-hybridized carbons (Fsp3) is 0.581. The first-order chi connectivity index (χ1) is 73.1. The van der Waals surface area contributed by atoms with Gasteiger partial charge in [-0.2, -0.15) is 82.3 Å². The van der Waals surface area contributed by atoms with Crippen LogP contribution >= 0.6 is 118 Å². The molecule has 3 aromatic heterocycles. The van der Waals surface area contributed by atoms with Gasteiger partial charge in [-0.1, -0.05) is 116 Å². The first-order valence-electron chi connectivity index (χ1n) is 52.1. The Bertz CT molecular complexity index is 4750. The molecule has 17 N–H and O–H groups in total. The summed E-state index contributed by atoms with van der Waals surface area (Å²) in [5.41, 5.74) is 18.4. The molecule has 14 fully saturated rings. The quantitative estimate of drug-likeness (QED) is 0.0495. The third-order valence-corrected chi connectivity index (χ3v) is 36.2. The number of hydrazine groups is 1. The van der Waals surface area contributed by atoms with E-state index in [0.29, 0.717) is 29.5 Å². The van der Waals surface area contributed by atoms with Crippen molar-refractivity contribution in [1.82, 2.24) is 87.2 Å². The van der Waals surface area contributed by atoms with Crippen molar-refractivity contribution in [1.29, 1.82) is 0 Å². The van der Waals surface area contributed by atoms with Gasteiger partial charge in [0.1, 0.15) is 12.4 Å². The Kier molecular flexibility index (Phi) is 73.8. The number of nitrogens with two attached hydrogens (primary N) is 1. The smallest absolute Gasteiger partial charge is 0.336 e. The van der Waals surface area contributed by atoms with Crippen LogP contribution in [0.3, 0.4) is 0 Å². The molecule has 3 unspecified atom stereocenters. The van der Waals surface area contributed by atoms with E-state index in [-0.39, 0.29) is 40.4 Å². The molecular weight excluding hydrogens is 2110 g/mol. The maximum Gasteiger partial charge on any atom is 0.336 e. The van der Waals surface area contributed by atoms with Crippen LogP contribution < -0.4 is 91.4 Å². The zero-order valence-electron chi connectivity index (χ0n) is 86.7. The molecule has 846 valence electrons. The summed E-state index contributed by atoms with van der Waals surface area (Å²) in [5.74, 6) is 18.9. The molecule has 14 saturated heterocycles. The molecule has 5 aromatic carbocycles. The van der Waals surface area contributed by atoms with Gasteiger partial charge in [0.25, 0.3) is 11.1 Å². The largest absolute Gasteiger partial charge is 0.423 e. The van der Waals surface area contributed by atoms with Gasteiger partial charge in [-0.3, -0.25) is 44.9 Å². The number of nitrogens with one attached hydrogen (secondary N) is 15. The Balaban J connectivity index is 0.00000163. The first kappa shape index (κ1) is 129. The van der Waals surface area contributed by atoms with Crippen LogP contribution in [-0.2, 0) is 77.8 Å². The highest BCUT2D eigenvalue weighted by Crippen LogP contribution is 2.34. The fourth-order valence-corrected chi connectivity index (χ4v) is 26.5. The number of nitrogens with zero attached hydrogens (tertiary/aromatic N) is 2.